The molecule has 2 rings (SSSR count). The van der Waals surface area contributed by atoms with Crippen LogP contribution in [0.2, 0.25) is 0 Å². The van der Waals surface area contributed by atoms with E-state index in [2.05, 4.69) is 10.5 Å². The van der Waals surface area contributed by atoms with Gasteiger partial charge in [0.25, 0.3) is 5.69 Å². The lowest BCUT2D eigenvalue weighted by Gasteiger charge is -2.18. The lowest BCUT2D eigenvalue weighted by Crippen LogP contribution is -2.30. The molecule has 0 bridgehead atoms. The number of hydrogen-bond acceptors (Lipinski definition) is 6. The standard InChI is InChI=1S/C22H36N4O4S/c1-3-25(4-2)31(29,30)20-16-17-21(22(18-20)26(27)28)24-23-19-14-12-10-8-6-5-7-9-11-13-15-19/h16-18,24H,3-15H2,1-2H3. The van der Waals surface area contributed by atoms with Gasteiger partial charge in [-0.05, 0) is 37.8 Å². The third kappa shape index (κ3) is 7.57. The summed E-state index contributed by atoms with van der Waals surface area (Å²) in [6, 6.07) is 3.97. The van der Waals surface area contributed by atoms with E-state index in [4.69, 9.17) is 0 Å². The Hall–Kier alpha value is -2.00. The third-order valence-electron chi connectivity index (χ3n) is 5.77. The fourth-order valence-corrected chi connectivity index (χ4v) is 5.38. The van der Waals surface area contributed by atoms with Gasteiger partial charge >= 0.3 is 0 Å². The summed E-state index contributed by atoms with van der Waals surface area (Å²) in [6.45, 7) is 4.09. The summed E-state index contributed by atoms with van der Waals surface area (Å²) >= 11 is 0. The molecule has 9 heteroatoms. The number of anilines is 1. The smallest absolute Gasteiger partial charge is 0.272 e. The largest absolute Gasteiger partial charge is 0.295 e. The second-order valence-corrected chi connectivity index (χ2v) is 9.94. The lowest BCUT2D eigenvalue weighted by atomic mass is 10.00. The molecule has 31 heavy (non-hydrogen) atoms. The van der Waals surface area contributed by atoms with Gasteiger partial charge in [0.05, 0.1) is 9.82 Å². The van der Waals surface area contributed by atoms with Crippen LogP contribution in [0, 0.1) is 10.1 Å². The van der Waals surface area contributed by atoms with Crippen LogP contribution < -0.4 is 5.43 Å². The van der Waals surface area contributed by atoms with Crippen molar-refractivity contribution in [1.82, 2.24) is 4.31 Å². The quantitative estimate of drug-likeness (QED) is 0.422. The van der Waals surface area contributed by atoms with Crippen LogP contribution in [0.4, 0.5) is 11.4 Å². The first kappa shape index (κ1) is 25.3. The van der Waals surface area contributed by atoms with Crippen LogP contribution >= 0.6 is 0 Å². The zero-order valence-corrected chi connectivity index (χ0v) is 19.6. The Bertz CT molecular complexity index is 837. The van der Waals surface area contributed by atoms with E-state index >= 15 is 0 Å². The molecule has 1 aromatic carbocycles. The molecule has 0 spiro atoms. The highest BCUT2D eigenvalue weighted by atomic mass is 32.2. The Morgan fingerprint density at radius 1 is 0.968 bits per heavy atom. The zero-order valence-electron chi connectivity index (χ0n) is 18.8. The number of nitro benzene ring substituents is 1. The molecule has 174 valence electrons. The Kier molecular flexibility index (Phi) is 10.4. The first-order chi connectivity index (χ1) is 14.9. The van der Waals surface area contributed by atoms with Gasteiger partial charge in [-0.25, -0.2) is 8.42 Å². The highest BCUT2D eigenvalue weighted by Crippen LogP contribution is 2.29. The summed E-state index contributed by atoms with van der Waals surface area (Å²) in [7, 11) is -3.77. The van der Waals surface area contributed by atoms with Crippen LogP contribution in [0.1, 0.15) is 84.5 Å². The monoisotopic (exact) mass is 452 g/mol. The van der Waals surface area contributed by atoms with Gasteiger partial charge in [0.1, 0.15) is 5.69 Å². The maximum atomic E-state index is 12.7. The molecular weight excluding hydrogens is 416 g/mol. The summed E-state index contributed by atoms with van der Waals surface area (Å²) < 4.78 is 26.7. The normalized spacial score (nSPS) is 16.9. The summed E-state index contributed by atoms with van der Waals surface area (Å²) in [5.74, 6) is 0. The summed E-state index contributed by atoms with van der Waals surface area (Å²) in [6.07, 6.45) is 12.7. The molecule has 0 aliphatic heterocycles. The minimum Gasteiger partial charge on any atom is -0.272 e. The number of nitro groups is 1. The Balaban J connectivity index is 2.21. The zero-order chi connectivity index (χ0) is 22.7. The number of nitrogens with one attached hydrogen (secondary N) is 1. The first-order valence-corrected chi connectivity index (χ1v) is 12.9. The topological polar surface area (TPSA) is 105 Å². The van der Waals surface area contributed by atoms with Gasteiger partial charge in [0.15, 0.2) is 0 Å². The van der Waals surface area contributed by atoms with E-state index in [0.29, 0.717) is 13.1 Å². The van der Waals surface area contributed by atoms with Crippen molar-refractivity contribution in [2.24, 2.45) is 5.10 Å². The fraction of sp³-hybridized carbons (Fsp3) is 0.682. The maximum Gasteiger partial charge on any atom is 0.295 e. The Labute approximate surface area is 186 Å². The minimum atomic E-state index is -3.77. The molecule has 1 aliphatic rings. The van der Waals surface area contributed by atoms with Crippen LogP contribution in [0.3, 0.4) is 0 Å². The van der Waals surface area contributed by atoms with Gasteiger partial charge in [0.2, 0.25) is 10.0 Å². The molecule has 1 N–H and O–H groups in total. The molecule has 0 atom stereocenters. The number of nitrogens with zero attached hydrogens (tertiary/aromatic N) is 3. The first-order valence-electron chi connectivity index (χ1n) is 11.5. The van der Waals surface area contributed by atoms with Crippen LogP contribution in [0.15, 0.2) is 28.2 Å². The number of hydrazone groups is 1. The van der Waals surface area contributed by atoms with Crippen molar-refractivity contribution in [3.8, 4) is 0 Å². The SMILES string of the molecule is CCN(CC)S(=O)(=O)c1ccc(NN=C2CCCCCCCCCCC2)c([N+](=O)[O-])c1. The summed E-state index contributed by atoms with van der Waals surface area (Å²) in [4.78, 5) is 11.0. The van der Waals surface area contributed by atoms with Crippen molar-refractivity contribution in [3.05, 3.63) is 28.3 Å². The molecule has 8 nitrogen and oxygen atoms in total. The van der Waals surface area contributed by atoms with E-state index in [-0.39, 0.29) is 16.3 Å². The second kappa shape index (κ2) is 12.8. The maximum absolute atomic E-state index is 12.7. The summed E-state index contributed by atoms with van der Waals surface area (Å²) in [5.41, 5.74) is 3.80. The van der Waals surface area contributed by atoms with Crippen LogP contribution in [0.5, 0.6) is 0 Å². The second-order valence-electron chi connectivity index (χ2n) is 8.00. The molecule has 0 aromatic heterocycles. The predicted octanol–water partition coefficient (Wildman–Crippen LogP) is 5.70. The summed E-state index contributed by atoms with van der Waals surface area (Å²) in [5, 5.41) is 16.1. The van der Waals surface area contributed by atoms with Crippen molar-refractivity contribution in [1.29, 1.82) is 0 Å². The lowest BCUT2D eigenvalue weighted by molar-refractivity contribution is -0.384. The van der Waals surface area contributed by atoms with Crippen molar-refractivity contribution in [3.63, 3.8) is 0 Å². The molecule has 0 heterocycles. The number of benzene rings is 1. The Morgan fingerprint density at radius 3 is 1.97 bits per heavy atom. The van der Waals surface area contributed by atoms with Crippen molar-refractivity contribution < 1.29 is 13.3 Å². The van der Waals surface area contributed by atoms with Gasteiger partial charge in [-0.1, -0.05) is 58.8 Å². The highest BCUT2D eigenvalue weighted by molar-refractivity contribution is 7.89. The fourth-order valence-electron chi connectivity index (χ4n) is 3.90. The van der Waals surface area contributed by atoms with Crippen molar-refractivity contribution >= 4 is 27.1 Å². The number of sulfonamides is 1. The molecule has 0 radical (unpaired) electrons. The van der Waals surface area contributed by atoms with Gasteiger partial charge in [-0.15, -0.1) is 0 Å². The van der Waals surface area contributed by atoms with E-state index in [1.54, 1.807) is 13.8 Å². The molecule has 1 saturated carbocycles. The van der Waals surface area contributed by atoms with Gasteiger partial charge in [-0.2, -0.15) is 9.41 Å². The van der Waals surface area contributed by atoms with Crippen LogP contribution in [-0.4, -0.2) is 36.4 Å². The van der Waals surface area contributed by atoms with E-state index in [1.165, 1.54) is 61.4 Å². The molecule has 0 saturated heterocycles. The van der Waals surface area contributed by atoms with Crippen LogP contribution in [0.25, 0.3) is 0 Å². The molecule has 1 aliphatic carbocycles. The number of hydrogen-bond donors (Lipinski definition) is 1. The Morgan fingerprint density at radius 2 is 1.48 bits per heavy atom. The van der Waals surface area contributed by atoms with E-state index in [1.807, 2.05) is 0 Å². The van der Waals surface area contributed by atoms with Gasteiger partial charge in [-0.3, -0.25) is 15.5 Å². The minimum absolute atomic E-state index is 0.0768. The van der Waals surface area contributed by atoms with E-state index in [9.17, 15) is 18.5 Å². The average Bonchev–Trinajstić information content (AvgIpc) is 2.74. The van der Waals surface area contributed by atoms with Crippen molar-refractivity contribution in [2.45, 2.75) is 89.4 Å². The molecule has 0 unspecified atom stereocenters. The highest BCUT2D eigenvalue weighted by Gasteiger charge is 2.25. The van der Waals surface area contributed by atoms with Crippen LogP contribution in [-0.2, 0) is 10.0 Å². The average molecular weight is 453 g/mol. The molecular formula is C22H36N4O4S. The molecule has 1 aromatic rings. The third-order valence-corrected chi connectivity index (χ3v) is 7.82. The van der Waals surface area contributed by atoms with Gasteiger partial charge in [0, 0.05) is 24.9 Å². The van der Waals surface area contributed by atoms with Crippen molar-refractivity contribution in [2.75, 3.05) is 18.5 Å². The molecule has 1 fully saturated rings. The molecule has 0 amide bonds. The van der Waals surface area contributed by atoms with Gasteiger partial charge < -0.3 is 0 Å². The number of rotatable bonds is 7. The van der Waals surface area contributed by atoms with E-state index in [0.717, 1.165) is 37.5 Å². The van der Waals surface area contributed by atoms with E-state index < -0.39 is 14.9 Å². The predicted molar refractivity (Wildman–Crippen MR) is 125 cm³/mol.